The van der Waals surface area contributed by atoms with Gasteiger partial charge < -0.3 is 20.5 Å². The van der Waals surface area contributed by atoms with E-state index in [1.165, 1.54) is 20.2 Å². The van der Waals surface area contributed by atoms with Crippen LogP contribution in [0.15, 0.2) is 23.3 Å². The van der Waals surface area contributed by atoms with Crippen molar-refractivity contribution in [2.75, 3.05) is 12.4 Å². The molecule has 172 valence electrons. The second-order valence-electron chi connectivity index (χ2n) is 7.20. The number of aryl methyl sites for hydroxylation is 1. The average molecular weight is 459 g/mol. The lowest BCUT2D eigenvalue weighted by Gasteiger charge is -2.36. The third-order valence-electron chi connectivity index (χ3n) is 4.78. The van der Waals surface area contributed by atoms with Gasteiger partial charge in [-0.3, -0.25) is 4.79 Å². The number of benzene rings is 1. The number of ether oxygens (including phenoxy) is 2. The normalized spacial score (nSPS) is 20.9. The van der Waals surface area contributed by atoms with Crippen molar-refractivity contribution in [3.05, 3.63) is 46.9 Å². The molecule has 0 spiro atoms. The van der Waals surface area contributed by atoms with E-state index in [0.717, 1.165) is 13.0 Å². The van der Waals surface area contributed by atoms with Crippen LogP contribution in [0, 0.1) is 18.6 Å². The number of rotatable bonds is 4. The van der Waals surface area contributed by atoms with Gasteiger partial charge in [-0.05, 0) is 19.9 Å². The highest BCUT2D eigenvalue weighted by atomic mass is 19.4. The Hall–Kier alpha value is -3.51. The Kier molecular flexibility index (Phi) is 5.94. The Labute approximate surface area is 178 Å². The van der Waals surface area contributed by atoms with Gasteiger partial charge in [0.15, 0.2) is 17.7 Å². The van der Waals surface area contributed by atoms with Crippen LogP contribution in [0.4, 0.5) is 27.6 Å². The molecule has 3 N–H and O–H groups in total. The Morgan fingerprint density at radius 2 is 2.03 bits per heavy atom. The van der Waals surface area contributed by atoms with Gasteiger partial charge >= 0.3 is 6.18 Å². The van der Waals surface area contributed by atoms with E-state index in [2.05, 4.69) is 25.0 Å². The van der Waals surface area contributed by atoms with Crippen LogP contribution in [0.5, 0.6) is 5.88 Å². The largest absolute Gasteiger partial charge is 0.480 e. The summed E-state index contributed by atoms with van der Waals surface area (Å²) in [6.45, 7) is 2.64. The van der Waals surface area contributed by atoms with Gasteiger partial charge in [-0.15, -0.1) is 0 Å². The molecule has 0 radical (unpaired) electrons. The molecule has 1 aliphatic heterocycles. The lowest BCUT2D eigenvalue weighted by Crippen LogP contribution is -2.46. The molecule has 2 aromatic rings. The molecule has 0 saturated carbocycles. The second kappa shape index (κ2) is 8.20. The van der Waals surface area contributed by atoms with Crippen molar-refractivity contribution in [1.82, 2.24) is 9.97 Å². The summed E-state index contributed by atoms with van der Waals surface area (Å²) in [5.41, 5.74) is 2.78. The minimum atomic E-state index is -4.81. The molecule has 0 aliphatic carbocycles. The number of amidine groups is 1. The summed E-state index contributed by atoms with van der Waals surface area (Å²) in [5, 5.41) is 2.33. The third kappa shape index (κ3) is 4.55. The predicted molar refractivity (Wildman–Crippen MR) is 102 cm³/mol. The van der Waals surface area contributed by atoms with Crippen molar-refractivity contribution in [1.29, 1.82) is 0 Å². The quantitative estimate of drug-likeness (QED) is 0.680. The molecule has 13 heteroatoms. The summed E-state index contributed by atoms with van der Waals surface area (Å²) in [5.74, 6) is -3.47. The summed E-state index contributed by atoms with van der Waals surface area (Å²) in [7, 11) is 1.36. The molecule has 0 saturated heterocycles. The number of carbonyl (C=O) groups excluding carboxylic acids is 1. The van der Waals surface area contributed by atoms with Crippen molar-refractivity contribution < 1.29 is 36.2 Å². The number of halogens is 5. The fraction of sp³-hybridized carbons (Fsp3) is 0.368. The molecule has 2 heterocycles. The van der Waals surface area contributed by atoms with Crippen LogP contribution in [0.25, 0.3) is 0 Å². The molecule has 0 bridgehead atoms. The van der Waals surface area contributed by atoms with E-state index in [-0.39, 0.29) is 23.0 Å². The van der Waals surface area contributed by atoms with Crippen LogP contribution in [0.1, 0.15) is 35.1 Å². The van der Waals surface area contributed by atoms with Crippen molar-refractivity contribution >= 4 is 17.6 Å². The average Bonchev–Trinajstić information content (AvgIpc) is 2.68. The first-order valence-electron chi connectivity index (χ1n) is 9.11. The SMILES string of the molecule is COc1cnc(C(=O)Nc2cc(F)c(F)c([C@@]3(C)C[C@@H](C(F)(F)F)OC(N)=N3)c2)c(C)n1. The maximum atomic E-state index is 14.6. The predicted octanol–water partition coefficient (Wildman–Crippen LogP) is 3.21. The van der Waals surface area contributed by atoms with Crippen LogP contribution in [-0.2, 0) is 10.3 Å². The van der Waals surface area contributed by atoms with Crippen LogP contribution >= 0.6 is 0 Å². The standard InChI is InChI=1S/C19H18F5N5O3/c1-8-15(26-7-13(27-8)31-3)16(30)28-9-4-10(14(21)11(20)5-9)18(2)6-12(19(22,23)24)32-17(25)29-18/h4-5,7,12H,6H2,1-3H3,(H2,25,29)(H,28,30)/t12-,18+/m0/s1. The number of hydrogen-bond acceptors (Lipinski definition) is 7. The number of anilines is 1. The van der Waals surface area contributed by atoms with E-state index < -0.39 is 53.4 Å². The number of nitrogens with one attached hydrogen (secondary N) is 1. The summed E-state index contributed by atoms with van der Waals surface area (Å²) >= 11 is 0. The van der Waals surface area contributed by atoms with Gasteiger partial charge in [0, 0.05) is 23.7 Å². The van der Waals surface area contributed by atoms with E-state index >= 15 is 0 Å². The third-order valence-corrected chi connectivity index (χ3v) is 4.78. The minimum Gasteiger partial charge on any atom is -0.480 e. The van der Waals surface area contributed by atoms with Crippen LogP contribution in [0.3, 0.4) is 0 Å². The van der Waals surface area contributed by atoms with Gasteiger partial charge in [-0.25, -0.2) is 23.7 Å². The summed E-state index contributed by atoms with van der Waals surface area (Å²) in [4.78, 5) is 24.2. The number of amides is 1. The molecule has 2 atom stereocenters. The fourth-order valence-corrected chi connectivity index (χ4v) is 3.24. The molecule has 0 fully saturated rings. The molecule has 32 heavy (non-hydrogen) atoms. The van der Waals surface area contributed by atoms with Gasteiger partial charge in [0.25, 0.3) is 11.9 Å². The van der Waals surface area contributed by atoms with E-state index in [9.17, 15) is 26.7 Å². The van der Waals surface area contributed by atoms with Crippen molar-refractivity contribution in [3.8, 4) is 5.88 Å². The van der Waals surface area contributed by atoms with Crippen molar-refractivity contribution in [2.24, 2.45) is 10.7 Å². The smallest absolute Gasteiger partial charge is 0.425 e. The van der Waals surface area contributed by atoms with Crippen molar-refractivity contribution in [3.63, 3.8) is 0 Å². The molecule has 8 nitrogen and oxygen atoms in total. The Morgan fingerprint density at radius 1 is 1.34 bits per heavy atom. The highest BCUT2D eigenvalue weighted by Gasteiger charge is 2.50. The number of alkyl halides is 3. The highest BCUT2D eigenvalue weighted by Crippen LogP contribution is 2.41. The van der Waals surface area contributed by atoms with E-state index in [1.54, 1.807) is 0 Å². The molecular formula is C19H18F5N5O3. The highest BCUT2D eigenvalue weighted by molar-refractivity contribution is 6.03. The molecule has 0 unspecified atom stereocenters. The number of methoxy groups -OCH3 is 1. The zero-order chi connectivity index (χ0) is 23.8. The summed E-state index contributed by atoms with van der Waals surface area (Å²) in [6, 6.07) is 0.845. The Balaban J connectivity index is 1.98. The van der Waals surface area contributed by atoms with E-state index in [4.69, 9.17) is 10.5 Å². The van der Waals surface area contributed by atoms with Gasteiger partial charge in [-0.1, -0.05) is 0 Å². The fourth-order valence-electron chi connectivity index (χ4n) is 3.24. The number of aromatic nitrogens is 2. The van der Waals surface area contributed by atoms with Crippen LogP contribution < -0.4 is 15.8 Å². The zero-order valence-electron chi connectivity index (χ0n) is 17.1. The van der Waals surface area contributed by atoms with Crippen molar-refractivity contribution in [2.45, 2.75) is 38.1 Å². The van der Waals surface area contributed by atoms with Crippen LogP contribution in [-0.4, -0.2) is 41.3 Å². The number of carbonyl (C=O) groups is 1. The first kappa shape index (κ1) is 23.2. The van der Waals surface area contributed by atoms with E-state index in [1.807, 2.05) is 0 Å². The van der Waals surface area contributed by atoms with Gasteiger partial charge in [0.1, 0.15) is 5.69 Å². The van der Waals surface area contributed by atoms with Gasteiger partial charge in [0.2, 0.25) is 5.88 Å². The maximum absolute atomic E-state index is 14.6. The number of hydrogen-bond donors (Lipinski definition) is 2. The van der Waals surface area contributed by atoms with Gasteiger partial charge in [0.05, 0.1) is 24.5 Å². The Morgan fingerprint density at radius 3 is 2.62 bits per heavy atom. The molecule has 1 amide bonds. The lowest BCUT2D eigenvalue weighted by atomic mass is 9.85. The monoisotopic (exact) mass is 459 g/mol. The topological polar surface area (TPSA) is 112 Å². The lowest BCUT2D eigenvalue weighted by molar-refractivity contribution is -0.208. The molecule has 3 rings (SSSR count). The van der Waals surface area contributed by atoms with Crippen LogP contribution in [0.2, 0.25) is 0 Å². The maximum Gasteiger partial charge on any atom is 0.425 e. The van der Waals surface area contributed by atoms with Gasteiger partial charge in [-0.2, -0.15) is 13.2 Å². The number of nitrogens with two attached hydrogens (primary N) is 1. The zero-order valence-corrected chi connectivity index (χ0v) is 17.1. The number of nitrogens with zero attached hydrogens (tertiary/aromatic N) is 3. The summed E-state index contributed by atoms with van der Waals surface area (Å²) < 4.78 is 78.0. The summed E-state index contributed by atoms with van der Waals surface area (Å²) in [6.07, 6.45) is -6.85. The first-order chi connectivity index (χ1) is 14.8. The Bertz CT molecular complexity index is 1090. The number of aliphatic imine (C=N–C) groups is 1. The molecule has 1 aliphatic rings. The molecular weight excluding hydrogens is 441 g/mol. The minimum absolute atomic E-state index is 0.117. The molecule has 1 aromatic carbocycles. The first-order valence-corrected chi connectivity index (χ1v) is 9.11. The van der Waals surface area contributed by atoms with E-state index in [0.29, 0.717) is 6.07 Å². The second-order valence-corrected chi connectivity index (χ2v) is 7.20. The molecule has 1 aromatic heterocycles.